The van der Waals surface area contributed by atoms with Gasteiger partial charge in [0.25, 0.3) is 0 Å². The number of methoxy groups -OCH3 is 3. The van der Waals surface area contributed by atoms with E-state index in [1.807, 2.05) is 24.0 Å². The Hall–Kier alpha value is -1.56. The molecule has 1 atom stereocenters. The van der Waals surface area contributed by atoms with Gasteiger partial charge in [0.1, 0.15) is 11.1 Å². The second-order valence-corrected chi connectivity index (χ2v) is 6.20. The Balaban J connectivity index is 2.39. The number of benzene rings is 1. The summed E-state index contributed by atoms with van der Waals surface area (Å²) in [4.78, 5) is 14.3. The Bertz CT molecular complexity index is 535. The van der Waals surface area contributed by atoms with Gasteiger partial charge in [0.2, 0.25) is 5.91 Å². The first-order valence-electron chi connectivity index (χ1n) is 7.37. The fraction of sp³-hybridized carbons (Fsp3) is 0.562. The molecule has 122 valence electrons. The molecule has 1 amide bonds. The zero-order chi connectivity index (χ0) is 16.1. The van der Waals surface area contributed by atoms with Gasteiger partial charge in [-0.05, 0) is 12.5 Å². The maximum absolute atomic E-state index is 12.3. The van der Waals surface area contributed by atoms with Crippen molar-refractivity contribution in [1.82, 2.24) is 4.90 Å². The normalized spacial score (nSPS) is 17.5. The van der Waals surface area contributed by atoms with Gasteiger partial charge in [-0.25, -0.2) is 0 Å². The highest BCUT2D eigenvalue weighted by Crippen LogP contribution is 2.46. The molecule has 22 heavy (non-hydrogen) atoms. The third kappa shape index (κ3) is 3.27. The topological polar surface area (TPSA) is 48.0 Å². The maximum Gasteiger partial charge on any atom is 0.223 e. The summed E-state index contributed by atoms with van der Waals surface area (Å²) >= 11 is 1.75. The van der Waals surface area contributed by atoms with Crippen LogP contribution in [0, 0.1) is 0 Å². The van der Waals surface area contributed by atoms with Crippen molar-refractivity contribution in [2.45, 2.75) is 25.1 Å². The van der Waals surface area contributed by atoms with Crippen molar-refractivity contribution in [1.29, 1.82) is 0 Å². The molecule has 1 fully saturated rings. The fourth-order valence-corrected chi connectivity index (χ4v) is 3.88. The molecule has 6 heteroatoms. The van der Waals surface area contributed by atoms with Crippen LogP contribution >= 0.6 is 11.8 Å². The zero-order valence-electron chi connectivity index (χ0n) is 13.5. The van der Waals surface area contributed by atoms with E-state index >= 15 is 0 Å². The highest BCUT2D eigenvalue weighted by molar-refractivity contribution is 7.99. The van der Waals surface area contributed by atoms with Crippen molar-refractivity contribution in [3.8, 4) is 17.2 Å². The summed E-state index contributed by atoms with van der Waals surface area (Å²) in [7, 11) is 4.83. The number of hydrogen-bond acceptors (Lipinski definition) is 5. The highest BCUT2D eigenvalue weighted by Gasteiger charge is 2.33. The molecular weight excluding hydrogens is 302 g/mol. The minimum Gasteiger partial charge on any atom is -0.496 e. The van der Waals surface area contributed by atoms with Crippen LogP contribution in [-0.2, 0) is 4.79 Å². The van der Waals surface area contributed by atoms with E-state index in [2.05, 4.69) is 0 Å². The van der Waals surface area contributed by atoms with Gasteiger partial charge in [0.05, 0.1) is 21.3 Å². The van der Waals surface area contributed by atoms with E-state index < -0.39 is 0 Å². The summed E-state index contributed by atoms with van der Waals surface area (Å²) in [5.41, 5.74) is 0.951. The number of carbonyl (C=O) groups is 1. The molecule has 5 nitrogen and oxygen atoms in total. The Kier molecular flexibility index (Phi) is 5.83. The third-order valence-corrected chi connectivity index (χ3v) is 4.92. The molecule has 1 heterocycles. The van der Waals surface area contributed by atoms with Crippen LogP contribution in [0.25, 0.3) is 0 Å². The van der Waals surface area contributed by atoms with E-state index in [-0.39, 0.29) is 11.3 Å². The Labute approximate surface area is 135 Å². The fourth-order valence-electron chi connectivity index (χ4n) is 2.59. The molecule has 1 aromatic carbocycles. The molecule has 1 saturated heterocycles. The molecule has 0 radical (unpaired) electrons. The van der Waals surface area contributed by atoms with Crippen molar-refractivity contribution in [2.24, 2.45) is 0 Å². The van der Waals surface area contributed by atoms with Gasteiger partial charge in [0.15, 0.2) is 11.5 Å². The molecule has 0 spiro atoms. The SMILES string of the molecule is CCCC(=O)N1CCSC1c1cc(OC)c(OC)cc1OC. The first kappa shape index (κ1) is 16.8. The van der Waals surface area contributed by atoms with Crippen LogP contribution in [0.2, 0.25) is 0 Å². The van der Waals surface area contributed by atoms with Gasteiger partial charge in [0, 0.05) is 30.3 Å². The number of nitrogens with zero attached hydrogens (tertiary/aromatic N) is 1. The van der Waals surface area contributed by atoms with Crippen molar-refractivity contribution < 1.29 is 19.0 Å². The van der Waals surface area contributed by atoms with E-state index in [9.17, 15) is 4.79 Å². The summed E-state index contributed by atoms with van der Waals surface area (Å²) in [6.45, 7) is 2.79. The molecule has 0 bridgehead atoms. The molecule has 0 aromatic heterocycles. The lowest BCUT2D eigenvalue weighted by atomic mass is 10.1. The first-order chi connectivity index (χ1) is 10.7. The van der Waals surface area contributed by atoms with Gasteiger partial charge in [-0.3, -0.25) is 4.79 Å². The molecule has 0 saturated carbocycles. The van der Waals surface area contributed by atoms with Crippen LogP contribution in [0.5, 0.6) is 17.2 Å². The number of rotatable bonds is 6. The van der Waals surface area contributed by atoms with E-state index in [0.717, 1.165) is 24.3 Å². The summed E-state index contributed by atoms with van der Waals surface area (Å²) < 4.78 is 16.2. The molecule has 1 aliphatic heterocycles. The number of thioether (sulfide) groups is 1. The van der Waals surface area contributed by atoms with Gasteiger partial charge in [-0.2, -0.15) is 0 Å². The van der Waals surface area contributed by atoms with E-state index in [1.54, 1.807) is 33.1 Å². The average Bonchev–Trinajstić information content (AvgIpc) is 3.03. The van der Waals surface area contributed by atoms with Crippen LogP contribution in [-0.4, -0.2) is 44.4 Å². The third-order valence-electron chi connectivity index (χ3n) is 3.68. The number of hydrogen-bond donors (Lipinski definition) is 0. The molecule has 1 unspecified atom stereocenters. The highest BCUT2D eigenvalue weighted by atomic mass is 32.2. The second kappa shape index (κ2) is 7.63. The predicted molar refractivity (Wildman–Crippen MR) is 87.9 cm³/mol. The van der Waals surface area contributed by atoms with Crippen LogP contribution in [0.4, 0.5) is 0 Å². The molecule has 0 N–H and O–H groups in total. The molecule has 2 rings (SSSR count). The number of amides is 1. The van der Waals surface area contributed by atoms with Crippen molar-refractivity contribution in [3.63, 3.8) is 0 Å². The minimum absolute atomic E-state index is 0.0335. The lowest BCUT2D eigenvalue weighted by Crippen LogP contribution is -2.30. The predicted octanol–water partition coefficient (Wildman–Crippen LogP) is 3.09. The number of carbonyl (C=O) groups excluding carboxylic acids is 1. The summed E-state index contributed by atoms with van der Waals surface area (Å²) in [5.74, 6) is 3.10. The number of ether oxygens (including phenoxy) is 3. The van der Waals surface area contributed by atoms with Gasteiger partial charge in [-0.15, -0.1) is 11.8 Å². The van der Waals surface area contributed by atoms with Crippen LogP contribution in [0.3, 0.4) is 0 Å². The van der Waals surface area contributed by atoms with Crippen LogP contribution in [0.15, 0.2) is 12.1 Å². The summed E-state index contributed by atoms with van der Waals surface area (Å²) in [6, 6.07) is 3.72. The van der Waals surface area contributed by atoms with E-state index in [1.165, 1.54) is 0 Å². The monoisotopic (exact) mass is 325 g/mol. The van der Waals surface area contributed by atoms with E-state index in [4.69, 9.17) is 14.2 Å². The van der Waals surface area contributed by atoms with E-state index in [0.29, 0.717) is 23.7 Å². The summed E-state index contributed by atoms with van der Waals surface area (Å²) in [5, 5.41) is -0.0335. The van der Waals surface area contributed by atoms with Crippen LogP contribution < -0.4 is 14.2 Å². The zero-order valence-corrected chi connectivity index (χ0v) is 14.4. The first-order valence-corrected chi connectivity index (χ1v) is 8.42. The largest absolute Gasteiger partial charge is 0.496 e. The molecule has 1 aliphatic rings. The molecule has 1 aromatic rings. The van der Waals surface area contributed by atoms with Crippen molar-refractivity contribution in [3.05, 3.63) is 17.7 Å². The Morgan fingerprint density at radius 3 is 2.41 bits per heavy atom. The van der Waals surface area contributed by atoms with Gasteiger partial charge < -0.3 is 19.1 Å². The van der Waals surface area contributed by atoms with Gasteiger partial charge in [-0.1, -0.05) is 6.92 Å². The lowest BCUT2D eigenvalue weighted by molar-refractivity contribution is -0.131. The minimum atomic E-state index is -0.0335. The Morgan fingerprint density at radius 1 is 1.18 bits per heavy atom. The molecule has 0 aliphatic carbocycles. The maximum atomic E-state index is 12.3. The average molecular weight is 325 g/mol. The Morgan fingerprint density at radius 2 is 1.82 bits per heavy atom. The second-order valence-electron chi connectivity index (χ2n) is 5.01. The standard InChI is InChI=1S/C16H23NO4S/c1-5-6-15(18)17-7-8-22-16(17)11-9-13(20-3)14(21-4)10-12(11)19-2/h9-10,16H,5-8H2,1-4H3. The van der Waals surface area contributed by atoms with Crippen LogP contribution in [0.1, 0.15) is 30.7 Å². The lowest BCUT2D eigenvalue weighted by Gasteiger charge is -2.26. The quantitative estimate of drug-likeness (QED) is 0.804. The molecular formula is C16H23NO4S. The van der Waals surface area contributed by atoms with Crippen molar-refractivity contribution in [2.75, 3.05) is 33.6 Å². The van der Waals surface area contributed by atoms with Crippen molar-refractivity contribution >= 4 is 17.7 Å². The van der Waals surface area contributed by atoms with Gasteiger partial charge >= 0.3 is 0 Å². The smallest absolute Gasteiger partial charge is 0.223 e. The summed E-state index contributed by atoms with van der Waals surface area (Å²) in [6.07, 6.45) is 1.43.